The Morgan fingerprint density at radius 3 is 2.25 bits per heavy atom. The van der Waals surface area contributed by atoms with Crippen molar-refractivity contribution in [2.24, 2.45) is 0 Å². The van der Waals surface area contributed by atoms with Crippen molar-refractivity contribution in [3.8, 4) is 0 Å². The van der Waals surface area contributed by atoms with Gasteiger partial charge < -0.3 is 10.1 Å². The van der Waals surface area contributed by atoms with Gasteiger partial charge in [0.1, 0.15) is 0 Å². The highest BCUT2D eigenvalue weighted by Crippen LogP contribution is 2.29. The number of ether oxygens (including phenoxy) is 1. The van der Waals surface area contributed by atoms with Gasteiger partial charge in [-0.2, -0.15) is 0 Å². The first-order chi connectivity index (χ1) is 7.61. The molecule has 1 N–H and O–H groups in total. The van der Waals surface area contributed by atoms with Crippen molar-refractivity contribution in [1.29, 1.82) is 0 Å². The highest BCUT2D eigenvalue weighted by molar-refractivity contribution is 5.45. The highest BCUT2D eigenvalue weighted by Gasteiger charge is 2.21. The number of nitrogens with one attached hydrogen (secondary N) is 1. The Balaban J connectivity index is 2.45. The smallest absolute Gasteiger partial charge is 0.0955 e. The van der Waals surface area contributed by atoms with Gasteiger partial charge in [-0.1, -0.05) is 6.07 Å². The molecule has 0 spiro atoms. The lowest BCUT2D eigenvalue weighted by molar-refractivity contribution is 0.0269. The molecule has 1 aliphatic heterocycles. The van der Waals surface area contributed by atoms with Gasteiger partial charge in [-0.15, -0.1) is 0 Å². The van der Waals surface area contributed by atoms with Gasteiger partial charge in [-0.25, -0.2) is 0 Å². The van der Waals surface area contributed by atoms with Crippen LogP contribution in [-0.2, 0) is 4.74 Å². The third-order valence-electron chi connectivity index (χ3n) is 3.67. The molecule has 1 aromatic carbocycles. The summed E-state index contributed by atoms with van der Waals surface area (Å²) in [5.41, 5.74) is 6.90. The number of benzene rings is 1. The topological polar surface area (TPSA) is 21.3 Å². The van der Waals surface area contributed by atoms with E-state index in [9.17, 15) is 0 Å². The van der Waals surface area contributed by atoms with Crippen LogP contribution in [0.15, 0.2) is 6.07 Å². The van der Waals surface area contributed by atoms with Crippen LogP contribution in [0, 0.1) is 27.7 Å². The van der Waals surface area contributed by atoms with Gasteiger partial charge in [0.25, 0.3) is 0 Å². The van der Waals surface area contributed by atoms with E-state index in [1.165, 1.54) is 27.8 Å². The lowest BCUT2D eigenvalue weighted by atomic mass is 9.90. The number of hydrogen-bond donors (Lipinski definition) is 1. The van der Waals surface area contributed by atoms with Crippen LogP contribution in [0.25, 0.3) is 0 Å². The lowest BCUT2D eigenvalue weighted by Gasteiger charge is -2.28. The molecule has 2 heteroatoms. The fourth-order valence-corrected chi connectivity index (χ4v) is 2.48. The predicted molar refractivity (Wildman–Crippen MR) is 67.0 cm³/mol. The average molecular weight is 219 g/mol. The molecule has 1 aromatic rings. The molecule has 16 heavy (non-hydrogen) atoms. The third kappa shape index (κ3) is 2.00. The van der Waals surface area contributed by atoms with Crippen molar-refractivity contribution in [2.45, 2.75) is 33.8 Å². The first-order valence-corrected chi connectivity index (χ1v) is 6.01. The number of hydrogen-bond acceptors (Lipinski definition) is 2. The zero-order chi connectivity index (χ0) is 11.7. The average Bonchev–Trinajstić information content (AvgIpc) is 2.28. The van der Waals surface area contributed by atoms with Crippen molar-refractivity contribution in [1.82, 2.24) is 5.32 Å². The first kappa shape index (κ1) is 11.6. The molecule has 1 fully saturated rings. The maximum absolute atomic E-state index is 5.87. The SMILES string of the molecule is Cc1cc(C)c(C)c(C2CNCCO2)c1C. The Morgan fingerprint density at radius 2 is 1.75 bits per heavy atom. The molecule has 1 heterocycles. The van der Waals surface area contributed by atoms with Gasteiger partial charge in [0, 0.05) is 13.1 Å². The standard InChI is InChI=1S/C14H21NO/c1-9-7-10(2)12(4)14(11(9)3)13-8-15-5-6-16-13/h7,13,15H,5-6,8H2,1-4H3. The monoisotopic (exact) mass is 219 g/mol. The molecule has 0 aliphatic carbocycles. The van der Waals surface area contributed by atoms with Gasteiger partial charge in [0.15, 0.2) is 0 Å². The molecule has 0 bridgehead atoms. The molecular weight excluding hydrogens is 198 g/mol. The van der Waals surface area contributed by atoms with E-state index in [4.69, 9.17) is 4.74 Å². The summed E-state index contributed by atoms with van der Waals surface area (Å²) in [6.07, 6.45) is 0.229. The molecule has 1 atom stereocenters. The fourth-order valence-electron chi connectivity index (χ4n) is 2.48. The van der Waals surface area contributed by atoms with Gasteiger partial charge in [0.05, 0.1) is 12.7 Å². The number of morpholine rings is 1. The van der Waals surface area contributed by atoms with E-state index in [0.717, 1.165) is 19.7 Å². The Hall–Kier alpha value is -0.860. The minimum Gasteiger partial charge on any atom is -0.371 e. The molecule has 0 aromatic heterocycles. The van der Waals surface area contributed by atoms with Crippen LogP contribution in [0.5, 0.6) is 0 Å². The first-order valence-electron chi connectivity index (χ1n) is 6.01. The van der Waals surface area contributed by atoms with Crippen LogP contribution in [0.4, 0.5) is 0 Å². The van der Waals surface area contributed by atoms with E-state index in [2.05, 4.69) is 39.1 Å². The van der Waals surface area contributed by atoms with Gasteiger partial charge in [0.2, 0.25) is 0 Å². The summed E-state index contributed by atoms with van der Waals surface area (Å²) >= 11 is 0. The Bertz CT molecular complexity index is 366. The molecule has 2 rings (SSSR count). The largest absolute Gasteiger partial charge is 0.371 e. The Morgan fingerprint density at radius 1 is 1.12 bits per heavy atom. The summed E-state index contributed by atoms with van der Waals surface area (Å²) in [6.45, 7) is 11.5. The van der Waals surface area contributed by atoms with Crippen molar-refractivity contribution < 1.29 is 4.74 Å². The van der Waals surface area contributed by atoms with Crippen LogP contribution in [0.1, 0.15) is 33.9 Å². The Labute approximate surface area is 98.0 Å². The lowest BCUT2D eigenvalue weighted by Crippen LogP contribution is -2.34. The molecular formula is C14H21NO. The predicted octanol–water partition coefficient (Wildman–Crippen LogP) is 2.58. The molecule has 1 saturated heterocycles. The van der Waals surface area contributed by atoms with E-state index in [1.807, 2.05) is 0 Å². The van der Waals surface area contributed by atoms with E-state index in [-0.39, 0.29) is 6.10 Å². The minimum atomic E-state index is 0.229. The van der Waals surface area contributed by atoms with Gasteiger partial charge in [-0.3, -0.25) is 0 Å². The van der Waals surface area contributed by atoms with E-state index >= 15 is 0 Å². The molecule has 2 nitrogen and oxygen atoms in total. The molecule has 1 unspecified atom stereocenters. The number of rotatable bonds is 1. The van der Waals surface area contributed by atoms with E-state index in [0.29, 0.717) is 0 Å². The third-order valence-corrected chi connectivity index (χ3v) is 3.67. The Kier molecular flexibility index (Phi) is 3.31. The van der Waals surface area contributed by atoms with Crippen LogP contribution < -0.4 is 5.32 Å². The van der Waals surface area contributed by atoms with Gasteiger partial charge in [-0.05, 0) is 55.5 Å². The summed E-state index contributed by atoms with van der Waals surface area (Å²) < 4.78 is 5.87. The van der Waals surface area contributed by atoms with Crippen LogP contribution in [0.3, 0.4) is 0 Å². The second-order valence-electron chi connectivity index (χ2n) is 4.74. The number of aryl methyl sites for hydroxylation is 2. The van der Waals surface area contributed by atoms with Crippen molar-refractivity contribution in [2.75, 3.05) is 19.7 Å². The molecule has 0 amide bonds. The van der Waals surface area contributed by atoms with Crippen molar-refractivity contribution >= 4 is 0 Å². The van der Waals surface area contributed by atoms with Crippen LogP contribution in [0.2, 0.25) is 0 Å². The van der Waals surface area contributed by atoms with Crippen molar-refractivity contribution in [3.05, 3.63) is 33.9 Å². The van der Waals surface area contributed by atoms with E-state index < -0.39 is 0 Å². The van der Waals surface area contributed by atoms with Gasteiger partial charge >= 0.3 is 0 Å². The zero-order valence-corrected chi connectivity index (χ0v) is 10.7. The van der Waals surface area contributed by atoms with Crippen LogP contribution >= 0.6 is 0 Å². The second kappa shape index (κ2) is 4.56. The summed E-state index contributed by atoms with van der Waals surface area (Å²) in [5.74, 6) is 0. The summed E-state index contributed by atoms with van der Waals surface area (Å²) in [4.78, 5) is 0. The second-order valence-corrected chi connectivity index (χ2v) is 4.74. The zero-order valence-electron chi connectivity index (χ0n) is 10.7. The molecule has 1 aliphatic rings. The molecule has 88 valence electrons. The highest BCUT2D eigenvalue weighted by atomic mass is 16.5. The maximum Gasteiger partial charge on any atom is 0.0955 e. The van der Waals surface area contributed by atoms with E-state index in [1.54, 1.807) is 0 Å². The normalized spacial score (nSPS) is 21.1. The minimum absolute atomic E-state index is 0.229. The quantitative estimate of drug-likeness (QED) is 0.784. The molecule has 0 saturated carbocycles. The summed E-state index contributed by atoms with van der Waals surface area (Å²) in [5, 5.41) is 3.40. The molecule has 0 radical (unpaired) electrons. The maximum atomic E-state index is 5.87. The fraction of sp³-hybridized carbons (Fsp3) is 0.571. The summed E-state index contributed by atoms with van der Waals surface area (Å²) in [6, 6.07) is 2.27. The summed E-state index contributed by atoms with van der Waals surface area (Å²) in [7, 11) is 0. The van der Waals surface area contributed by atoms with Crippen LogP contribution in [-0.4, -0.2) is 19.7 Å². The van der Waals surface area contributed by atoms with Crippen molar-refractivity contribution in [3.63, 3.8) is 0 Å².